The Morgan fingerprint density at radius 3 is 2.31 bits per heavy atom. The number of carbonyl (C=O) groups is 1. The lowest BCUT2D eigenvalue weighted by atomic mass is 9.94. The third-order valence-electron chi connectivity index (χ3n) is 5.30. The molecule has 7 nitrogen and oxygen atoms in total. The molecule has 178 valence electrons. The molecule has 1 aromatic heterocycles. The van der Waals surface area contributed by atoms with Crippen LogP contribution in [0, 0.1) is 22.7 Å². The van der Waals surface area contributed by atoms with Crippen LogP contribution < -0.4 is 15.8 Å². The minimum atomic E-state index is -0.161. The van der Waals surface area contributed by atoms with Gasteiger partial charge in [0.2, 0.25) is 5.91 Å². The number of amides is 1. The van der Waals surface area contributed by atoms with E-state index in [0.29, 0.717) is 34.6 Å². The molecule has 8 heteroatoms. The quantitative estimate of drug-likeness (QED) is 0.371. The smallest absolute Gasteiger partial charge is 0.225 e. The summed E-state index contributed by atoms with van der Waals surface area (Å²) in [6, 6.07) is 19.2. The molecule has 0 aliphatic heterocycles. The second-order valence-electron chi connectivity index (χ2n) is 8.03. The highest BCUT2D eigenvalue weighted by atomic mass is 32.2. The van der Waals surface area contributed by atoms with E-state index in [1.54, 1.807) is 24.3 Å². The van der Waals surface area contributed by atoms with Crippen LogP contribution >= 0.6 is 11.8 Å². The van der Waals surface area contributed by atoms with Crippen LogP contribution in [0.5, 0.6) is 5.75 Å². The molecule has 0 aliphatic carbocycles. The molecule has 2 aromatic carbocycles. The largest absolute Gasteiger partial charge is 0.494 e. The van der Waals surface area contributed by atoms with Crippen molar-refractivity contribution in [1.29, 1.82) is 10.5 Å². The number of ether oxygens (including phenoxy) is 1. The molecule has 0 atom stereocenters. The lowest BCUT2D eigenvalue weighted by Crippen LogP contribution is -2.12. The summed E-state index contributed by atoms with van der Waals surface area (Å²) in [6.07, 6.45) is 0.211. The van der Waals surface area contributed by atoms with Gasteiger partial charge in [0.1, 0.15) is 34.3 Å². The number of nitrogens with zero attached hydrogens (tertiary/aromatic N) is 3. The number of nitrogens with two attached hydrogens (primary N) is 1. The Bertz CT molecular complexity index is 1270. The molecule has 0 unspecified atom stereocenters. The number of nitrogens with one attached hydrogen (secondary N) is 1. The van der Waals surface area contributed by atoms with Crippen LogP contribution in [-0.2, 0) is 4.79 Å². The van der Waals surface area contributed by atoms with Crippen LogP contribution in [0.1, 0.15) is 49.8 Å². The van der Waals surface area contributed by atoms with Crippen molar-refractivity contribution < 1.29 is 9.53 Å². The third kappa shape index (κ3) is 6.32. The molecule has 0 aliphatic rings. The Kier molecular flexibility index (Phi) is 8.72. The molecule has 0 radical (unpaired) electrons. The van der Waals surface area contributed by atoms with Crippen molar-refractivity contribution in [3.63, 3.8) is 0 Å². The van der Waals surface area contributed by atoms with E-state index in [1.807, 2.05) is 31.2 Å². The molecule has 1 amide bonds. The predicted octanol–water partition coefficient (Wildman–Crippen LogP) is 5.72. The summed E-state index contributed by atoms with van der Waals surface area (Å²) >= 11 is 1.27. The zero-order chi connectivity index (χ0) is 25.4. The third-order valence-corrected chi connectivity index (χ3v) is 6.28. The van der Waals surface area contributed by atoms with Gasteiger partial charge in [-0.1, -0.05) is 38.1 Å². The molecule has 3 aromatic rings. The summed E-state index contributed by atoms with van der Waals surface area (Å²) in [5, 5.41) is 22.9. The van der Waals surface area contributed by atoms with E-state index in [0.717, 1.165) is 16.9 Å². The molecule has 3 N–H and O–H groups in total. The minimum absolute atomic E-state index is 0.0655. The lowest BCUT2D eigenvalue weighted by molar-refractivity contribution is -0.115. The Balaban J connectivity index is 1.76. The fourth-order valence-corrected chi connectivity index (χ4v) is 4.43. The van der Waals surface area contributed by atoms with Crippen molar-refractivity contribution in [2.75, 3.05) is 23.4 Å². The van der Waals surface area contributed by atoms with Gasteiger partial charge in [-0.3, -0.25) is 4.79 Å². The molecule has 3 rings (SSSR count). The zero-order valence-corrected chi connectivity index (χ0v) is 20.8. The summed E-state index contributed by atoms with van der Waals surface area (Å²) in [4.78, 5) is 16.7. The maximum atomic E-state index is 12.4. The Hall–Kier alpha value is -4.01. The van der Waals surface area contributed by atoms with Gasteiger partial charge in [-0.2, -0.15) is 10.5 Å². The SMILES string of the molecule is CCOc1ccc(NC(=O)CCSc2nc(N)c(C#N)c(-c3ccc(C(C)C)cc3)c2C#N)cc1. The van der Waals surface area contributed by atoms with Gasteiger partial charge >= 0.3 is 0 Å². The van der Waals surface area contributed by atoms with Crippen molar-refractivity contribution in [2.24, 2.45) is 0 Å². The van der Waals surface area contributed by atoms with Crippen molar-refractivity contribution in [3.05, 3.63) is 65.2 Å². The normalized spacial score (nSPS) is 10.5. The number of aromatic nitrogens is 1. The summed E-state index contributed by atoms with van der Waals surface area (Å²) < 4.78 is 5.41. The fraction of sp³-hybridized carbons (Fsp3) is 0.259. The maximum Gasteiger partial charge on any atom is 0.225 e. The first-order valence-electron chi connectivity index (χ1n) is 11.3. The van der Waals surface area contributed by atoms with E-state index in [-0.39, 0.29) is 29.3 Å². The number of thioether (sulfide) groups is 1. The number of nitrogen functional groups attached to an aromatic ring is 1. The Morgan fingerprint density at radius 1 is 1.09 bits per heavy atom. The first-order chi connectivity index (χ1) is 16.9. The van der Waals surface area contributed by atoms with Gasteiger partial charge in [-0.25, -0.2) is 4.98 Å². The van der Waals surface area contributed by atoms with Crippen LogP contribution in [0.3, 0.4) is 0 Å². The molecule has 0 spiro atoms. The summed E-state index contributed by atoms with van der Waals surface area (Å²) in [5.74, 6) is 1.39. The van der Waals surface area contributed by atoms with Crippen molar-refractivity contribution in [3.8, 4) is 29.0 Å². The summed E-state index contributed by atoms with van der Waals surface area (Å²) in [7, 11) is 0. The first-order valence-corrected chi connectivity index (χ1v) is 12.3. The maximum absolute atomic E-state index is 12.4. The number of carbonyl (C=O) groups excluding carboxylic acids is 1. The fourth-order valence-electron chi connectivity index (χ4n) is 3.49. The first kappa shape index (κ1) is 25.6. The topological polar surface area (TPSA) is 125 Å². The van der Waals surface area contributed by atoms with Gasteiger partial charge in [-0.15, -0.1) is 11.8 Å². The van der Waals surface area contributed by atoms with Gasteiger partial charge in [-0.05, 0) is 48.2 Å². The van der Waals surface area contributed by atoms with E-state index in [1.165, 1.54) is 11.8 Å². The van der Waals surface area contributed by atoms with Crippen LogP contribution in [-0.4, -0.2) is 23.3 Å². The highest BCUT2D eigenvalue weighted by Gasteiger charge is 2.21. The number of benzene rings is 2. The average Bonchev–Trinajstić information content (AvgIpc) is 2.85. The average molecular weight is 486 g/mol. The zero-order valence-electron chi connectivity index (χ0n) is 20.0. The number of hydrogen-bond donors (Lipinski definition) is 2. The van der Waals surface area contributed by atoms with Crippen molar-refractivity contribution in [2.45, 2.75) is 38.1 Å². The number of anilines is 2. The van der Waals surface area contributed by atoms with Gasteiger partial charge in [0.25, 0.3) is 0 Å². The number of hydrogen-bond acceptors (Lipinski definition) is 7. The van der Waals surface area contributed by atoms with E-state index >= 15 is 0 Å². The monoisotopic (exact) mass is 485 g/mol. The number of pyridine rings is 1. The van der Waals surface area contributed by atoms with Gasteiger partial charge in [0.15, 0.2) is 0 Å². The predicted molar refractivity (Wildman–Crippen MR) is 139 cm³/mol. The second-order valence-corrected chi connectivity index (χ2v) is 9.12. The molecule has 0 saturated carbocycles. The standard InChI is InChI=1S/C27H27N5O2S/c1-4-34-21-11-9-20(10-12-21)31-24(33)13-14-35-27-23(16-29)25(22(15-28)26(30)32-27)19-7-5-18(6-8-19)17(2)3/h5-12,17H,4,13-14H2,1-3H3,(H2,30,32)(H,31,33). The highest BCUT2D eigenvalue weighted by Crippen LogP contribution is 2.36. The van der Waals surface area contributed by atoms with Crippen LogP contribution in [0.2, 0.25) is 0 Å². The lowest BCUT2D eigenvalue weighted by Gasteiger charge is -2.14. The van der Waals surface area contributed by atoms with Crippen molar-refractivity contribution in [1.82, 2.24) is 4.98 Å². The molecule has 0 bridgehead atoms. The number of nitriles is 2. The molecular weight excluding hydrogens is 458 g/mol. The van der Waals surface area contributed by atoms with E-state index in [9.17, 15) is 15.3 Å². The summed E-state index contributed by atoms with van der Waals surface area (Å²) in [6.45, 7) is 6.68. The van der Waals surface area contributed by atoms with E-state index < -0.39 is 0 Å². The van der Waals surface area contributed by atoms with E-state index in [2.05, 4.69) is 36.3 Å². The van der Waals surface area contributed by atoms with Crippen LogP contribution in [0.25, 0.3) is 11.1 Å². The summed E-state index contributed by atoms with van der Waals surface area (Å²) in [5.41, 5.74) is 9.58. The number of rotatable bonds is 9. The Labute approximate surface area is 209 Å². The second kappa shape index (κ2) is 11.9. The van der Waals surface area contributed by atoms with Gasteiger partial charge in [0, 0.05) is 23.4 Å². The van der Waals surface area contributed by atoms with E-state index in [4.69, 9.17) is 10.5 Å². The highest BCUT2D eigenvalue weighted by molar-refractivity contribution is 7.99. The van der Waals surface area contributed by atoms with Crippen LogP contribution in [0.15, 0.2) is 53.6 Å². The molecular formula is C27H27N5O2S. The minimum Gasteiger partial charge on any atom is -0.494 e. The van der Waals surface area contributed by atoms with Gasteiger partial charge in [0.05, 0.1) is 12.2 Å². The molecule has 35 heavy (non-hydrogen) atoms. The van der Waals surface area contributed by atoms with Gasteiger partial charge < -0.3 is 15.8 Å². The van der Waals surface area contributed by atoms with Crippen molar-refractivity contribution >= 4 is 29.2 Å². The molecule has 0 fully saturated rings. The molecule has 0 saturated heterocycles. The Morgan fingerprint density at radius 2 is 1.74 bits per heavy atom. The van der Waals surface area contributed by atoms with Crippen LogP contribution in [0.4, 0.5) is 11.5 Å². The molecule has 1 heterocycles.